The van der Waals surface area contributed by atoms with Crippen molar-refractivity contribution in [3.05, 3.63) is 83.7 Å². The number of carbonyl (C=O) groups excluding carboxylic acids is 1. The summed E-state index contributed by atoms with van der Waals surface area (Å²) in [6.07, 6.45) is 4.50. The summed E-state index contributed by atoms with van der Waals surface area (Å²) in [6.45, 7) is 5.52. The largest absolute Gasteiger partial charge is 0.352 e. The molecule has 5 heteroatoms. The van der Waals surface area contributed by atoms with E-state index >= 15 is 0 Å². The van der Waals surface area contributed by atoms with Gasteiger partial charge in [-0.2, -0.15) is 5.10 Å². The van der Waals surface area contributed by atoms with Gasteiger partial charge < -0.3 is 5.32 Å². The third-order valence-electron chi connectivity index (χ3n) is 5.03. The van der Waals surface area contributed by atoms with Crippen molar-refractivity contribution in [2.75, 3.05) is 6.54 Å². The normalized spacial score (nSPS) is 11.0. The van der Waals surface area contributed by atoms with Crippen molar-refractivity contribution < 1.29 is 4.79 Å². The van der Waals surface area contributed by atoms with Crippen molar-refractivity contribution in [1.82, 2.24) is 20.1 Å². The van der Waals surface area contributed by atoms with Crippen LogP contribution in [0.2, 0.25) is 0 Å². The lowest BCUT2D eigenvalue weighted by molar-refractivity contribution is 0.0954. The third-order valence-corrected chi connectivity index (χ3v) is 5.03. The fourth-order valence-electron chi connectivity index (χ4n) is 3.57. The van der Waals surface area contributed by atoms with Gasteiger partial charge in [0.15, 0.2) is 0 Å². The molecule has 2 heterocycles. The maximum Gasteiger partial charge on any atom is 0.252 e. The van der Waals surface area contributed by atoms with Crippen LogP contribution in [0.1, 0.15) is 27.9 Å². The molecule has 2 aromatic heterocycles. The molecule has 0 unspecified atom stereocenters. The predicted molar refractivity (Wildman–Crippen MR) is 116 cm³/mol. The quantitative estimate of drug-likeness (QED) is 0.497. The highest BCUT2D eigenvalue weighted by atomic mass is 16.1. The van der Waals surface area contributed by atoms with E-state index in [1.165, 1.54) is 5.56 Å². The topological polar surface area (TPSA) is 59.8 Å². The maximum absolute atomic E-state index is 13.0. The van der Waals surface area contributed by atoms with Gasteiger partial charge in [0.1, 0.15) is 0 Å². The minimum Gasteiger partial charge on any atom is -0.352 e. The van der Waals surface area contributed by atoms with Crippen molar-refractivity contribution in [2.24, 2.45) is 0 Å². The van der Waals surface area contributed by atoms with Gasteiger partial charge in [-0.15, -0.1) is 0 Å². The number of pyridine rings is 1. The molecule has 0 aliphatic heterocycles. The summed E-state index contributed by atoms with van der Waals surface area (Å²) in [4.78, 5) is 17.8. The van der Waals surface area contributed by atoms with E-state index in [9.17, 15) is 4.79 Å². The Morgan fingerprint density at radius 1 is 1.07 bits per heavy atom. The zero-order chi connectivity index (χ0) is 20.2. The van der Waals surface area contributed by atoms with Crippen molar-refractivity contribution in [1.29, 1.82) is 0 Å². The minimum atomic E-state index is -0.0740. The summed E-state index contributed by atoms with van der Waals surface area (Å²) in [6, 6.07) is 17.9. The molecule has 0 aliphatic rings. The molecule has 0 bridgehead atoms. The van der Waals surface area contributed by atoms with E-state index < -0.39 is 0 Å². The van der Waals surface area contributed by atoms with Crippen LogP contribution in [0.15, 0.2) is 67.0 Å². The molecule has 0 saturated heterocycles. The lowest BCUT2D eigenvalue weighted by Gasteiger charge is -2.12. The SMILES string of the molecule is Cc1ccc(-c2cc(C(=O)NCCCn3cccn3)c3ccccc3n2)c(C)c1. The molecule has 2 aromatic carbocycles. The van der Waals surface area contributed by atoms with E-state index in [0.717, 1.165) is 40.7 Å². The Morgan fingerprint density at radius 2 is 1.93 bits per heavy atom. The van der Waals surface area contributed by atoms with Gasteiger partial charge in [0.2, 0.25) is 0 Å². The number of nitrogens with zero attached hydrogens (tertiary/aromatic N) is 3. The summed E-state index contributed by atoms with van der Waals surface area (Å²) >= 11 is 0. The first-order valence-electron chi connectivity index (χ1n) is 9.85. The number of benzene rings is 2. The molecular weight excluding hydrogens is 360 g/mol. The molecule has 0 aliphatic carbocycles. The molecule has 1 N–H and O–H groups in total. The van der Waals surface area contributed by atoms with E-state index in [1.807, 2.05) is 47.3 Å². The summed E-state index contributed by atoms with van der Waals surface area (Å²) in [7, 11) is 0. The Balaban J connectivity index is 1.61. The lowest BCUT2D eigenvalue weighted by atomic mass is 9.99. The first kappa shape index (κ1) is 18.9. The van der Waals surface area contributed by atoms with Crippen LogP contribution in [0.3, 0.4) is 0 Å². The monoisotopic (exact) mass is 384 g/mol. The van der Waals surface area contributed by atoms with E-state index in [4.69, 9.17) is 4.98 Å². The number of hydrogen-bond acceptors (Lipinski definition) is 3. The number of carbonyl (C=O) groups is 1. The molecule has 4 aromatic rings. The van der Waals surface area contributed by atoms with Crippen LogP contribution in [0.4, 0.5) is 0 Å². The van der Waals surface area contributed by atoms with Gasteiger partial charge in [-0.3, -0.25) is 9.48 Å². The molecule has 0 atom stereocenters. The van der Waals surface area contributed by atoms with E-state index in [0.29, 0.717) is 12.1 Å². The van der Waals surface area contributed by atoms with Gasteiger partial charge in [0.05, 0.1) is 16.8 Å². The molecule has 0 saturated carbocycles. The summed E-state index contributed by atoms with van der Waals surface area (Å²) in [5.74, 6) is -0.0740. The van der Waals surface area contributed by atoms with Gasteiger partial charge >= 0.3 is 0 Å². The Labute approximate surface area is 170 Å². The smallest absolute Gasteiger partial charge is 0.252 e. The van der Waals surface area contributed by atoms with Crippen molar-refractivity contribution in [3.63, 3.8) is 0 Å². The summed E-state index contributed by atoms with van der Waals surface area (Å²) in [5.41, 5.74) is 5.72. The highest BCUT2D eigenvalue weighted by Gasteiger charge is 2.14. The van der Waals surface area contributed by atoms with Crippen molar-refractivity contribution in [2.45, 2.75) is 26.8 Å². The molecule has 5 nitrogen and oxygen atoms in total. The Hall–Kier alpha value is -3.47. The number of rotatable bonds is 6. The van der Waals surface area contributed by atoms with Gasteiger partial charge in [-0.05, 0) is 44.0 Å². The fourth-order valence-corrected chi connectivity index (χ4v) is 3.57. The van der Waals surface area contributed by atoms with Crippen molar-refractivity contribution in [3.8, 4) is 11.3 Å². The van der Waals surface area contributed by atoms with Gasteiger partial charge in [-0.25, -0.2) is 4.98 Å². The van der Waals surface area contributed by atoms with Crippen LogP contribution in [0, 0.1) is 13.8 Å². The number of aromatic nitrogens is 3. The summed E-state index contributed by atoms with van der Waals surface area (Å²) in [5, 5.41) is 8.10. The first-order valence-corrected chi connectivity index (χ1v) is 9.85. The van der Waals surface area contributed by atoms with E-state index in [1.54, 1.807) is 6.20 Å². The van der Waals surface area contributed by atoms with Crippen LogP contribution < -0.4 is 5.32 Å². The highest BCUT2D eigenvalue weighted by molar-refractivity contribution is 6.07. The number of fused-ring (bicyclic) bond motifs is 1. The third kappa shape index (κ3) is 4.19. The predicted octanol–water partition coefficient (Wildman–Crippen LogP) is 4.54. The second kappa shape index (κ2) is 8.27. The number of nitrogens with one attached hydrogen (secondary N) is 1. The van der Waals surface area contributed by atoms with Gasteiger partial charge in [0.25, 0.3) is 5.91 Å². The molecule has 4 rings (SSSR count). The highest BCUT2D eigenvalue weighted by Crippen LogP contribution is 2.27. The molecular formula is C24H24N4O. The number of hydrogen-bond donors (Lipinski definition) is 1. The Kier molecular flexibility index (Phi) is 5.38. The second-order valence-electron chi connectivity index (χ2n) is 7.27. The van der Waals surface area contributed by atoms with Gasteiger partial charge in [-0.1, -0.05) is 42.0 Å². The first-order chi connectivity index (χ1) is 14.1. The average Bonchev–Trinajstić information content (AvgIpc) is 3.24. The molecule has 0 spiro atoms. The number of amides is 1. The molecule has 0 radical (unpaired) electrons. The Bertz CT molecular complexity index is 1150. The van der Waals surface area contributed by atoms with E-state index in [2.05, 4.69) is 42.5 Å². The van der Waals surface area contributed by atoms with E-state index in [-0.39, 0.29) is 5.91 Å². The standard InChI is InChI=1S/C24H24N4O/c1-17-9-10-19(18(2)15-17)23-16-21(20-7-3-4-8-22(20)27-23)24(29)25-11-5-13-28-14-6-12-26-28/h3-4,6-10,12,14-16H,5,11,13H2,1-2H3,(H,25,29). The fraction of sp³-hybridized carbons (Fsp3) is 0.208. The lowest BCUT2D eigenvalue weighted by Crippen LogP contribution is -2.25. The van der Waals surface area contributed by atoms with Crippen LogP contribution in [0.5, 0.6) is 0 Å². The summed E-state index contributed by atoms with van der Waals surface area (Å²) < 4.78 is 1.87. The number of para-hydroxylation sites is 1. The maximum atomic E-state index is 13.0. The number of aryl methyl sites for hydroxylation is 3. The van der Waals surface area contributed by atoms with Crippen LogP contribution in [-0.4, -0.2) is 27.2 Å². The van der Waals surface area contributed by atoms with Crippen molar-refractivity contribution >= 4 is 16.8 Å². The average molecular weight is 384 g/mol. The zero-order valence-electron chi connectivity index (χ0n) is 16.7. The minimum absolute atomic E-state index is 0.0740. The van der Waals surface area contributed by atoms with Crippen LogP contribution >= 0.6 is 0 Å². The molecule has 146 valence electrons. The Morgan fingerprint density at radius 3 is 2.72 bits per heavy atom. The molecule has 29 heavy (non-hydrogen) atoms. The van der Waals surface area contributed by atoms with Crippen LogP contribution in [0.25, 0.3) is 22.2 Å². The second-order valence-corrected chi connectivity index (χ2v) is 7.27. The van der Waals surface area contributed by atoms with Gasteiger partial charge in [0, 0.05) is 36.4 Å². The zero-order valence-corrected chi connectivity index (χ0v) is 16.7. The molecule has 1 amide bonds. The molecule has 0 fully saturated rings. The van der Waals surface area contributed by atoms with Crippen LogP contribution in [-0.2, 0) is 6.54 Å².